The number of amides is 1. The highest BCUT2D eigenvalue weighted by Crippen LogP contribution is 2.28. The van der Waals surface area contributed by atoms with Gasteiger partial charge in [0.2, 0.25) is 0 Å². The van der Waals surface area contributed by atoms with Gasteiger partial charge in [0.15, 0.2) is 0 Å². The van der Waals surface area contributed by atoms with Crippen molar-refractivity contribution in [1.29, 1.82) is 0 Å². The summed E-state index contributed by atoms with van der Waals surface area (Å²) in [5.74, 6) is 1.38. The minimum absolute atomic E-state index is 0.0253. The SMILES string of the molecule is CC1CCC(NC(=O)c2cccc(S)c2)C(C)C1. The first-order valence-corrected chi connectivity index (χ1v) is 7.11. The van der Waals surface area contributed by atoms with Crippen molar-refractivity contribution in [2.24, 2.45) is 11.8 Å². The molecule has 1 fully saturated rings. The third-order valence-electron chi connectivity index (χ3n) is 3.86. The van der Waals surface area contributed by atoms with E-state index in [1.165, 1.54) is 12.8 Å². The Balaban J connectivity index is 1.99. The number of hydrogen-bond donors (Lipinski definition) is 2. The number of hydrogen-bond acceptors (Lipinski definition) is 2. The zero-order valence-corrected chi connectivity index (χ0v) is 11.9. The van der Waals surface area contributed by atoms with E-state index in [1.807, 2.05) is 24.3 Å². The monoisotopic (exact) mass is 263 g/mol. The molecule has 0 radical (unpaired) electrons. The van der Waals surface area contributed by atoms with Gasteiger partial charge in [0.25, 0.3) is 5.91 Å². The van der Waals surface area contributed by atoms with E-state index < -0.39 is 0 Å². The summed E-state index contributed by atoms with van der Waals surface area (Å²) in [4.78, 5) is 13.0. The smallest absolute Gasteiger partial charge is 0.251 e. The van der Waals surface area contributed by atoms with Crippen molar-refractivity contribution >= 4 is 18.5 Å². The first-order chi connectivity index (χ1) is 8.56. The average Bonchev–Trinajstić information content (AvgIpc) is 2.32. The van der Waals surface area contributed by atoms with Gasteiger partial charge in [0.1, 0.15) is 0 Å². The molecule has 1 aliphatic rings. The summed E-state index contributed by atoms with van der Waals surface area (Å²) in [6, 6.07) is 7.71. The van der Waals surface area contributed by atoms with Crippen LogP contribution in [0.2, 0.25) is 0 Å². The van der Waals surface area contributed by atoms with Crippen LogP contribution in [0.25, 0.3) is 0 Å². The number of thiol groups is 1. The van der Waals surface area contributed by atoms with E-state index >= 15 is 0 Å². The predicted molar refractivity (Wildman–Crippen MR) is 77.1 cm³/mol. The summed E-state index contributed by atoms with van der Waals surface area (Å²) in [5, 5.41) is 3.16. The maximum absolute atomic E-state index is 12.1. The summed E-state index contributed by atoms with van der Waals surface area (Å²) in [7, 11) is 0. The molecule has 1 aromatic carbocycles. The molecule has 1 aliphatic carbocycles. The Labute approximate surface area is 115 Å². The van der Waals surface area contributed by atoms with E-state index in [2.05, 4.69) is 31.8 Å². The lowest BCUT2D eigenvalue weighted by Gasteiger charge is -2.33. The first-order valence-electron chi connectivity index (χ1n) is 6.66. The zero-order chi connectivity index (χ0) is 13.1. The van der Waals surface area contributed by atoms with Gasteiger partial charge in [-0.2, -0.15) is 0 Å². The Morgan fingerprint density at radius 2 is 2.11 bits per heavy atom. The third-order valence-corrected chi connectivity index (χ3v) is 4.13. The fourth-order valence-corrected chi connectivity index (χ4v) is 3.00. The van der Waals surface area contributed by atoms with Crippen LogP contribution in [0, 0.1) is 11.8 Å². The zero-order valence-electron chi connectivity index (χ0n) is 11.0. The van der Waals surface area contributed by atoms with Crippen molar-refractivity contribution in [2.75, 3.05) is 0 Å². The molecule has 0 saturated heterocycles. The second-order valence-corrected chi connectivity index (χ2v) is 6.04. The quantitative estimate of drug-likeness (QED) is 0.785. The fraction of sp³-hybridized carbons (Fsp3) is 0.533. The van der Waals surface area contributed by atoms with Gasteiger partial charge in [0, 0.05) is 16.5 Å². The molecular weight excluding hydrogens is 242 g/mol. The van der Waals surface area contributed by atoms with Crippen LogP contribution >= 0.6 is 12.6 Å². The molecule has 3 atom stereocenters. The van der Waals surface area contributed by atoms with Crippen molar-refractivity contribution in [3.8, 4) is 0 Å². The number of carbonyl (C=O) groups excluding carboxylic acids is 1. The van der Waals surface area contributed by atoms with Gasteiger partial charge in [0.05, 0.1) is 0 Å². The molecule has 0 heterocycles. The van der Waals surface area contributed by atoms with Crippen molar-refractivity contribution in [3.63, 3.8) is 0 Å². The Hall–Kier alpha value is -0.960. The van der Waals surface area contributed by atoms with Crippen molar-refractivity contribution in [3.05, 3.63) is 29.8 Å². The largest absolute Gasteiger partial charge is 0.349 e. The number of rotatable bonds is 2. The van der Waals surface area contributed by atoms with Crippen LogP contribution in [0.1, 0.15) is 43.5 Å². The molecule has 0 aromatic heterocycles. The Kier molecular flexibility index (Phi) is 4.33. The number of nitrogens with one attached hydrogen (secondary N) is 1. The average molecular weight is 263 g/mol. The summed E-state index contributed by atoms with van der Waals surface area (Å²) >= 11 is 4.26. The number of benzene rings is 1. The Morgan fingerprint density at radius 3 is 2.78 bits per heavy atom. The Bertz CT molecular complexity index is 432. The van der Waals surface area contributed by atoms with E-state index in [0.717, 1.165) is 17.2 Å². The minimum atomic E-state index is 0.0253. The Morgan fingerprint density at radius 1 is 1.33 bits per heavy atom. The lowest BCUT2D eigenvalue weighted by Crippen LogP contribution is -2.42. The van der Waals surface area contributed by atoms with Crippen LogP contribution in [-0.2, 0) is 0 Å². The van der Waals surface area contributed by atoms with Crippen LogP contribution in [0.15, 0.2) is 29.2 Å². The molecule has 98 valence electrons. The van der Waals surface area contributed by atoms with Gasteiger partial charge >= 0.3 is 0 Å². The molecule has 3 unspecified atom stereocenters. The van der Waals surface area contributed by atoms with Crippen molar-refractivity contribution < 1.29 is 4.79 Å². The molecule has 1 amide bonds. The molecule has 1 aromatic rings. The van der Waals surface area contributed by atoms with Gasteiger partial charge in [-0.15, -0.1) is 12.6 Å². The molecule has 3 heteroatoms. The molecule has 0 aliphatic heterocycles. The van der Waals surface area contributed by atoms with E-state index in [0.29, 0.717) is 17.5 Å². The lowest BCUT2D eigenvalue weighted by atomic mass is 9.80. The summed E-state index contributed by atoms with van der Waals surface area (Å²) in [5.41, 5.74) is 0.702. The topological polar surface area (TPSA) is 29.1 Å². The normalized spacial score (nSPS) is 27.8. The summed E-state index contributed by atoms with van der Waals surface area (Å²) < 4.78 is 0. The van der Waals surface area contributed by atoms with Crippen LogP contribution in [0.5, 0.6) is 0 Å². The van der Waals surface area contributed by atoms with Gasteiger partial charge in [-0.05, 0) is 49.3 Å². The highest BCUT2D eigenvalue weighted by molar-refractivity contribution is 7.80. The summed E-state index contributed by atoms with van der Waals surface area (Å²) in [6.45, 7) is 4.52. The highest BCUT2D eigenvalue weighted by atomic mass is 32.1. The van der Waals surface area contributed by atoms with Crippen LogP contribution in [-0.4, -0.2) is 11.9 Å². The molecular formula is C15H21NOS. The van der Waals surface area contributed by atoms with Gasteiger partial charge in [-0.3, -0.25) is 4.79 Å². The van der Waals surface area contributed by atoms with Crippen LogP contribution in [0.3, 0.4) is 0 Å². The molecule has 18 heavy (non-hydrogen) atoms. The van der Waals surface area contributed by atoms with Gasteiger partial charge < -0.3 is 5.32 Å². The number of carbonyl (C=O) groups is 1. The van der Waals surface area contributed by atoms with Gasteiger partial charge in [-0.1, -0.05) is 19.9 Å². The van der Waals surface area contributed by atoms with E-state index in [4.69, 9.17) is 0 Å². The van der Waals surface area contributed by atoms with Gasteiger partial charge in [-0.25, -0.2) is 0 Å². The highest BCUT2D eigenvalue weighted by Gasteiger charge is 2.26. The molecule has 1 saturated carbocycles. The van der Waals surface area contributed by atoms with E-state index in [1.54, 1.807) is 0 Å². The first kappa shape index (κ1) is 13.5. The van der Waals surface area contributed by atoms with Crippen molar-refractivity contribution in [1.82, 2.24) is 5.32 Å². The fourth-order valence-electron chi connectivity index (χ4n) is 2.78. The van der Waals surface area contributed by atoms with E-state index in [9.17, 15) is 4.79 Å². The molecule has 2 nitrogen and oxygen atoms in total. The maximum Gasteiger partial charge on any atom is 0.251 e. The maximum atomic E-state index is 12.1. The van der Waals surface area contributed by atoms with Crippen molar-refractivity contribution in [2.45, 2.75) is 44.0 Å². The van der Waals surface area contributed by atoms with Crippen LogP contribution in [0.4, 0.5) is 0 Å². The van der Waals surface area contributed by atoms with Crippen LogP contribution < -0.4 is 5.32 Å². The second-order valence-electron chi connectivity index (χ2n) is 5.53. The minimum Gasteiger partial charge on any atom is -0.349 e. The molecule has 1 N–H and O–H groups in total. The standard InChI is InChI=1S/C15H21NOS/c1-10-6-7-14(11(2)8-10)16-15(17)12-4-3-5-13(18)9-12/h3-5,9-11,14,18H,6-8H2,1-2H3,(H,16,17). The molecule has 2 rings (SSSR count). The molecule has 0 bridgehead atoms. The molecule has 0 spiro atoms. The summed E-state index contributed by atoms with van der Waals surface area (Å²) in [6.07, 6.45) is 3.51. The predicted octanol–water partition coefficient (Wildman–Crippen LogP) is 3.53. The second kappa shape index (κ2) is 5.79. The lowest BCUT2D eigenvalue weighted by molar-refractivity contribution is 0.0899. The van der Waals surface area contributed by atoms with E-state index in [-0.39, 0.29) is 5.91 Å². The third kappa shape index (κ3) is 3.29.